The lowest BCUT2D eigenvalue weighted by Gasteiger charge is -2.13. The molecular weight excluding hydrogens is 270 g/mol. The van der Waals surface area contributed by atoms with Gasteiger partial charge < -0.3 is 10.1 Å². The Balaban J connectivity index is 2.39. The molecule has 19 heavy (non-hydrogen) atoms. The third kappa shape index (κ3) is 2.69. The highest BCUT2D eigenvalue weighted by Gasteiger charge is 2.14. The summed E-state index contributed by atoms with van der Waals surface area (Å²) in [7, 11) is -0.740. The Kier molecular flexibility index (Phi) is 3.21. The Bertz CT molecular complexity index is 733. The summed E-state index contributed by atoms with van der Waals surface area (Å²) in [6, 6.07) is 6.20. The van der Waals surface area contributed by atoms with Crippen molar-refractivity contribution in [3.05, 3.63) is 30.0 Å². The van der Waals surface area contributed by atoms with Gasteiger partial charge in [0.15, 0.2) is 0 Å². The zero-order valence-electron chi connectivity index (χ0n) is 10.3. The second-order valence-electron chi connectivity index (χ2n) is 4.18. The van der Waals surface area contributed by atoms with E-state index in [1.165, 1.54) is 20.2 Å². The van der Waals surface area contributed by atoms with E-state index >= 15 is 0 Å². The molecular formula is C11H13N3O4S. The fourth-order valence-corrected chi connectivity index (χ4v) is 2.16. The minimum absolute atomic E-state index is 0.0580. The molecule has 0 aliphatic carbocycles. The molecule has 2 rings (SSSR count). The second-order valence-corrected chi connectivity index (χ2v) is 6.06. The summed E-state index contributed by atoms with van der Waals surface area (Å²) in [5, 5.41) is 9.49. The van der Waals surface area contributed by atoms with Crippen LogP contribution in [-0.2, 0) is 10.2 Å². The highest BCUT2D eigenvalue weighted by atomic mass is 32.2. The number of H-pyrrole nitrogens is 1. The van der Waals surface area contributed by atoms with E-state index in [1.807, 2.05) is 0 Å². The van der Waals surface area contributed by atoms with Crippen LogP contribution in [0.2, 0.25) is 0 Å². The highest BCUT2D eigenvalue weighted by molar-refractivity contribution is 7.90. The molecule has 3 N–H and O–H groups in total. The Labute approximate surface area is 110 Å². The zero-order valence-corrected chi connectivity index (χ0v) is 11.2. The van der Waals surface area contributed by atoms with Crippen molar-refractivity contribution in [3.8, 4) is 0 Å². The first kappa shape index (κ1) is 13.4. The zero-order chi connectivity index (χ0) is 14.2. The van der Waals surface area contributed by atoms with E-state index in [1.54, 1.807) is 18.2 Å². The number of rotatable bonds is 4. The van der Waals surface area contributed by atoms with Gasteiger partial charge in [-0.25, -0.2) is 4.79 Å². The van der Waals surface area contributed by atoms with Crippen molar-refractivity contribution in [2.75, 3.05) is 18.8 Å². The van der Waals surface area contributed by atoms with E-state index in [0.717, 1.165) is 4.31 Å². The van der Waals surface area contributed by atoms with Crippen LogP contribution in [0.25, 0.3) is 10.9 Å². The molecule has 1 aromatic carbocycles. The van der Waals surface area contributed by atoms with E-state index in [-0.39, 0.29) is 5.69 Å². The lowest BCUT2D eigenvalue weighted by molar-refractivity contribution is 0.0691. The summed E-state index contributed by atoms with van der Waals surface area (Å²) >= 11 is 0. The predicted molar refractivity (Wildman–Crippen MR) is 71.5 cm³/mol. The number of aromatic carboxylic acids is 1. The minimum atomic E-state index is -3.57. The molecule has 0 radical (unpaired) electrons. The molecule has 0 aliphatic heterocycles. The molecule has 0 bridgehead atoms. The summed E-state index contributed by atoms with van der Waals surface area (Å²) in [6.45, 7) is 0. The quantitative estimate of drug-likeness (QED) is 0.781. The molecule has 0 spiro atoms. The molecule has 1 heterocycles. The number of aromatic nitrogens is 1. The average molecular weight is 283 g/mol. The summed E-state index contributed by atoms with van der Waals surface area (Å²) in [6.07, 6.45) is 0. The lowest BCUT2D eigenvalue weighted by Crippen LogP contribution is -2.28. The predicted octanol–water partition coefficient (Wildman–Crippen LogP) is 1.08. The maximum Gasteiger partial charge on any atom is 0.352 e. The van der Waals surface area contributed by atoms with E-state index in [9.17, 15) is 13.2 Å². The highest BCUT2D eigenvalue weighted by Crippen LogP contribution is 2.21. The lowest BCUT2D eigenvalue weighted by atomic mass is 10.2. The van der Waals surface area contributed by atoms with Crippen LogP contribution in [0.5, 0.6) is 0 Å². The van der Waals surface area contributed by atoms with Crippen LogP contribution in [0.15, 0.2) is 24.3 Å². The number of fused-ring (bicyclic) bond motifs is 1. The van der Waals surface area contributed by atoms with Gasteiger partial charge in [-0.2, -0.15) is 12.7 Å². The number of hydrogen-bond donors (Lipinski definition) is 3. The van der Waals surface area contributed by atoms with Crippen molar-refractivity contribution < 1.29 is 18.3 Å². The van der Waals surface area contributed by atoms with Gasteiger partial charge in [0.05, 0.1) is 5.69 Å². The van der Waals surface area contributed by atoms with E-state index in [2.05, 4.69) is 9.71 Å². The topological polar surface area (TPSA) is 103 Å². The maximum absolute atomic E-state index is 11.7. The Morgan fingerprint density at radius 2 is 2.00 bits per heavy atom. The van der Waals surface area contributed by atoms with Crippen LogP contribution in [-0.4, -0.2) is 42.9 Å². The molecule has 0 amide bonds. The van der Waals surface area contributed by atoms with Crippen molar-refractivity contribution in [2.24, 2.45) is 0 Å². The van der Waals surface area contributed by atoms with Crippen molar-refractivity contribution >= 4 is 32.8 Å². The summed E-state index contributed by atoms with van der Waals surface area (Å²) in [4.78, 5) is 13.5. The molecule has 0 fully saturated rings. The third-order valence-electron chi connectivity index (χ3n) is 2.58. The van der Waals surface area contributed by atoms with Crippen LogP contribution >= 0.6 is 0 Å². The van der Waals surface area contributed by atoms with Gasteiger partial charge in [0.2, 0.25) is 0 Å². The Morgan fingerprint density at radius 1 is 1.32 bits per heavy atom. The number of benzene rings is 1. The monoisotopic (exact) mass is 283 g/mol. The second kappa shape index (κ2) is 4.56. The number of anilines is 1. The van der Waals surface area contributed by atoms with Gasteiger partial charge in [0.25, 0.3) is 0 Å². The molecule has 0 aliphatic rings. The summed E-state index contributed by atoms with van der Waals surface area (Å²) in [5.41, 5.74) is 1.06. The van der Waals surface area contributed by atoms with E-state index in [0.29, 0.717) is 16.6 Å². The van der Waals surface area contributed by atoms with Gasteiger partial charge in [-0.3, -0.25) is 4.72 Å². The van der Waals surface area contributed by atoms with Gasteiger partial charge in [0.1, 0.15) is 5.69 Å². The molecule has 0 atom stereocenters. The molecule has 1 aromatic heterocycles. The van der Waals surface area contributed by atoms with Gasteiger partial charge >= 0.3 is 16.2 Å². The van der Waals surface area contributed by atoms with E-state index in [4.69, 9.17) is 5.11 Å². The molecule has 0 saturated heterocycles. The van der Waals surface area contributed by atoms with Gasteiger partial charge in [0, 0.05) is 25.0 Å². The van der Waals surface area contributed by atoms with Gasteiger partial charge in [-0.1, -0.05) is 0 Å². The average Bonchev–Trinajstić information content (AvgIpc) is 2.71. The molecule has 8 heteroatoms. The Hall–Kier alpha value is -2.06. The standard InChI is InChI=1S/C11H13N3O4S/c1-14(2)19(17,18)13-8-3-4-9-7(5-8)6-10(12-9)11(15)16/h3-6,12-13H,1-2H3,(H,15,16). The molecule has 2 aromatic rings. The van der Waals surface area contributed by atoms with Gasteiger partial charge in [-0.15, -0.1) is 0 Å². The van der Waals surface area contributed by atoms with Crippen LogP contribution < -0.4 is 4.72 Å². The molecule has 0 saturated carbocycles. The number of carbonyl (C=O) groups is 1. The maximum atomic E-state index is 11.7. The first-order chi connectivity index (χ1) is 8.79. The first-order valence-electron chi connectivity index (χ1n) is 5.36. The van der Waals surface area contributed by atoms with Crippen LogP contribution in [0.4, 0.5) is 5.69 Å². The first-order valence-corrected chi connectivity index (χ1v) is 6.80. The van der Waals surface area contributed by atoms with Crippen molar-refractivity contribution in [1.29, 1.82) is 0 Å². The number of nitrogens with one attached hydrogen (secondary N) is 2. The smallest absolute Gasteiger partial charge is 0.352 e. The third-order valence-corrected chi connectivity index (χ3v) is 4.03. The van der Waals surface area contributed by atoms with E-state index < -0.39 is 16.2 Å². The number of carboxylic acid groups (broad SMARTS) is 1. The number of hydrogen-bond acceptors (Lipinski definition) is 3. The SMILES string of the molecule is CN(C)S(=O)(=O)Nc1ccc2[nH]c(C(=O)O)cc2c1. The van der Waals surface area contributed by atoms with Crippen LogP contribution in [0.1, 0.15) is 10.5 Å². The number of aromatic amines is 1. The summed E-state index contributed by atoms with van der Waals surface area (Å²) < 4.78 is 26.8. The Morgan fingerprint density at radius 3 is 2.58 bits per heavy atom. The number of nitrogens with zero attached hydrogens (tertiary/aromatic N) is 1. The van der Waals surface area contributed by atoms with Crippen molar-refractivity contribution in [3.63, 3.8) is 0 Å². The minimum Gasteiger partial charge on any atom is -0.477 e. The molecule has 0 unspecified atom stereocenters. The largest absolute Gasteiger partial charge is 0.477 e. The normalized spacial score (nSPS) is 11.9. The fourth-order valence-electron chi connectivity index (χ4n) is 1.55. The van der Waals surface area contributed by atoms with Gasteiger partial charge in [-0.05, 0) is 24.3 Å². The fraction of sp³-hybridized carbons (Fsp3) is 0.182. The van der Waals surface area contributed by atoms with Crippen LogP contribution in [0, 0.1) is 0 Å². The van der Waals surface area contributed by atoms with Crippen molar-refractivity contribution in [1.82, 2.24) is 9.29 Å². The summed E-state index contributed by atoms with van der Waals surface area (Å²) in [5.74, 6) is -1.06. The number of carboxylic acids is 1. The van der Waals surface area contributed by atoms with Crippen molar-refractivity contribution in [2.45, 2.75) is 0 Å². The molecule has 7 nitrogen and oxygen atoms in total. The molecule has 102 valence electrons. The van der Waals surface area contributed by atoms with Crippen LogP contribution in [0.3, 0.4) is 0 Å².